The van der Waals surface area contributed by atoms with Crippen molar-refractivity contribution in [2.24, 2.45) is 0 Å². The topological polar surface area (TPSA) is 17.8 Å². The predicted molar refractivity (Wildman–Crippen MR) is 208 cm³/mol. The van der Waals surface area contributed by atoms with Gasteiger partial charge in [0.1, 0.15) is 0 Å². The minimum absolute atomic E-state index is 0.226. The molecule has 0 N–H and O–H groups in total. The second kappa shape index (κ2) is 11.6. The molecule has 2 heteroatoms. The molecule has 234 valence electrons. The van der Waals surface area contributed by atoms with E-state index in [0.717, 1.165) is 39.3 Å². The number of fused-ring (bicyclic) bond motifs is 6. The van der Waals surface area contributed by atoms with Crippen LogP contribution >= 0.6 is 0 Å². The van der Waals surface area contributed by atoms with Crippen LogP contribution in [0.1, 0.15) is 22.6 Å². The Hall–Kier alpha value is -6.51. The van der Waals surface area contributed by atoms with Gasteiger partial charge in [-0.25, -0.2) is 4.98 Å². The highest BCUT2D eigenvalue weighted by atomic mass is 15.0. The van der Waals surface area contributed by atoms with Gasteiger partial charge in [-0.1, -0.05) is 152 Å². The van der Waals surface area contributed by atoms with E-state index >= 15 is 0 Å². The lowest BCUT2D eigenvalue weighted by Gasteiger charge is -2.16. The molecule has 0 radical (unpaired) electrons. The van der Waals surface area contributed by atoms with E-state index in [1.807, 2.05) is 0 Å². The van der Waals surface area contributed by atoms with Gasteiger partial charge in [0.05, 0.1) is 22.4 Å². The number of benzene rings is 7. The number of hydrogen-bond acceptors (Lipinski definition) is 1. The molecule has 0 saturated carbocycles. The van der Waals surface area contributed by atoms with Gasteiger partial charge >= 0.3 is 0 Å². The van der Waals surface area contributed by atoms with Crippen molar-refractivity contribution >= 4 is 21.8 Å². The summed E-state index contributed by atoms with van der Waals surface area (Å²) in [6, 6.07) is 67.9. The van der Waals surface area contributed by atoms with Crippen LogP contribution < -0.4 is 0 Å². The quantitative estimate of drug-likeness (QED) is 0.184. The summed E-state index contributed by atoms with van der Waals surface area (Å²) >= 11 is 0. The largest absolute Gasteiger partial charge is 0.309 e. The average molecular weight is 637 g/mol. The van der Waals surface area contributed by atoms with Gasteiger partial charge in [0.25, 0.3) is 0 Å². The molecule has 7 aromatic carbocycles. The van der Waals surface area contributed by atoms with E-state index in [1.165, 1.54) is 49.6 Å². The Morgan fingerprint density at radius 1 is 0.380 bits per heavy atom. The summed E-state index contributed by atoms with van der Waals surface area (Å²) in [6.45, 7) is 0. The van der Waals surface area contributed by atoms with Crippen LogP contribution in [0.5, 0.6) is 0 Å². The number of pyridine rings is 1. The second-order valence-corrected chi connectivity index (χ2v) is 13.1. The maximum Gasteiger partial charge on any atom is 0.0715 e. The minimum Gasteiger partial charge on any atom is -0.309 e. The average Bonchev–Trinajstić information content (AvgIpc) is 3.71. The van der Waals surface area contributed by atoms with Crippen molar-refractivity contribution in [2.45, 2.75) is 5.92 Å². The molecule has 0 spiro atoms. The van der Waals surface area contributed by atoms with Crippen molar-refractivity contribution in [3.8, 4) is 50.5 Å². The molecule has 10 rings (SSSR count). The van der Waals surface area contributed by atoms with Gasteiger partial charge in [0, 0.05) is 33.5 Å². The molecule has 2 nitrogen and oxygen atoms in total. The van der Waals surface area contributed by atoms with Gasteiger partial charge < -0.3 is 4.57 Å². The Labute approximate surface area is 291 Å². The summed E-state index contributed by atoms with van der Waals surface area (Å²) in [5, 5.41) is 2.54. The molecular weight excluding hydrogens is 605 g/mol. The fraction of sp³-hybridized carbons (Fsp3) is 0.0208. The molecule has 0 fully saturated rings. The first-order valence-corrected chi connectivity index (χ1v) is 17.3. The summed E-state index contributed by atoms with van der Waals surface area (Å²) in [4.78, 5) is 5.22. The van der Waals surface area contributed by atoms with Gasteiger partial charge in [0.2, 0.25) is 0 Å². The molecule has 1 aliphatic rings. The molecule has 0 bridgehead atoms. The Bertz CT molecular complexity index is 2580. The number of para-hydroxylation sites is 2. The molecule has 2 heterocycles. The van der Waals surface area contributed by atoms with Crippen LogP contribution in [-0.4, -0.2) is 9.55 Å². The van der Waals surface area contributed by atoms with Crippen LogP contribution in [0.2, 0.25) is 0 Å². The third-order valence-corrected chi connectivity index (χ3v) is 10.3. The number of hydrogen-bond donors (Lipinski definition) is 0. The third-order valence-electron chi connectivity index (χ3n) is 10.3. The smallest absolute Gasteiger partial charge is 0.0715 e. The van der Waals surface area contributed by atoms with Crippen LogP contribution in [0.15, 0.2) is 188 Å². The lowest BCUT2D eigenvalue weighted by atomic mass is 9.88. The van der Waals surface area contributed by atoms with Gasteiger partial charge in [-0.15, -0.1) is 0 Å². The van der Waals surface area contributed by atoms with Crippen LogP contribution in [0.25, 0.3) is 72.3 Å². The maximum atomic E-state index is 5.22. The molecule has 9 aromatic rings. The highest BCUT2D eigenvalue weighted by Gasteiger charge is 2.29. The van der Waals surface area contributed by atoms with Crippen molar-refractivity contribution in [1.29, 1.82) is 0 Å². The first kappa shape index (κ1) is 28.5. The highest BCUT2D eigenvalue weighted by Crippen LogP contribution is 2.48. The molecule has 0 unspecified atom stereocenters. The van der Waals surface area contributed by atoms with Crippen molar-refractivity contribution in [3.63, 3.8) is 0 Å². The SMILES string of the molecule is c1ccc(-c2cc(-c3ccc(-n4c5ccccc5c5ccccc54)cc3)cc(-c3ccc(C4c5ccccc5-c5ccccc54)cc3)n2)cc1. The van der Waals surface area contributed by atoms with Gasteiger partial charge in [-0.05, 0) is 75.3 Å². The van der Waals surface area contributed by atoms with E-state index in [1.54, 1.807) is 0 Å². The normalized spacial score (nSPS) is 12.3. The molecule has 2 aromatic heterocycles. The first-order valence-electron chi connectivity index (χ1n) is 17.3. The molecule has 0 saturated heterocycles. The van der Waals surface area contributed by atoms with E-state index < -0.39 is 0 Å². The highest BCUT2D eigenvalue weighted by molar-refractivity contribution is 6.09. The molecule has 0 amide bonds. The summed E-state index contributed by atoms with van der Waals surface area (Å²) in [7, 11) is 0. The zero-order chi connectivity index (χ0) is 33.0. The van der Waals surface area contributed by atoms with Gasteiger partial charge in [0.15, 0.2) is 0 Å². The molecule has 1 aliphatic carbocycles. The Morgan fingerprint density at radius 2 is 0.860 bits per heavy atom. The van der Waals surface area contributed by atoms with E-state index in [4.69, 9.17) is 4.98 Å². The summed E-state index contributed by atoms with van der Waals surface area (Å²) in [5.74, 6) is 0.226. The number of nitrogens with zero attached hydrogens (tertiary/aromatic N) is 2. The van der Waals surface area contributed by atoms with E-state index in [0.29, 0.717) is 0 Å². The van der Waals surface area contributed by atoms with Crippen molar-refractivity contribution < 1.29 is 0 Å². The Balaban J connectivity index is 1.05. The Morgan fingerprint density at radius 3 is 1.46 bits per heavy atom. The fourth-order valence-electron chi connectivity index (χ4n) is 7.97. The van der Waals surface area contributed by atoms with Crippen LogP contribution in [-0.2, 0) is 0 Å². The van der Waals surface area contributed by atoms with Crippen LogP contribution in [0.3, 0.4) is 0 Å². The van der Waals surface area contributed by atoms with E-state index in [2.05, 4.69) is 193 Å². The van der Waals surface area contributed by atoms with E-state index in [9.17, 15) is 0 Å². The molecule has 0 aliphatic heterocycles. The van der Waals surface area contributed by atoms with Crippen molar-refractivity contribution in [1.82, 2.24) is 9.55 Å². The van der Waals surface area contributed by atoms with Gasteiger partial charge in [-0.3, -0.25) is 0 Å². The number of aromatic nitrogens is 2. The molecule has 50 heavy (non-hydrogen) atoms. The summed E-state index contributed by atoms with van der Waals surface area (Å²) in [6.07, 6.45) is 0. The fourth-order valence-corrected chi connectivity index (χ4v) is 7.97. The zero-order valence-electron chi connectivity index (χ0n) is 27.4. The summed E-state index contributed by atoms with van der Waals surface area (Å²) in [5.41, 5.74) is 16.7. The lowest BCUT2D eigenvalue weighted by Crippen LogP contribution is -1.99. The Kier molecular flexibility index (Phi) is 6.60. The molecular formula is C48H32N2. The monoisotopic (exact) mass is 636 g/mol. The molecule has 0 atom stereocenters. The predicted octanol–water partition coefficient (Wildman–Crippen LogP) is 12.3. The first-order chi connectivity index (χ1) is 24.8. The van der Waals surface area contributed by atoms with Crippen molar-refractivity contribution in [3.05, 3.63) is 205 Å². The van der Waals surface area contributed by atoms with Gasteiger partial charge in [-0.2, -0.15) is 0 Å². The van der Waals surface area contributed by atoms with Crippen LogP contribution in [0.4, 0.5) is 0 Å². The maximum absolute atomic E-state index is 5.22. The van der Waals surface area contributed by atoms with Crippen molar-refractivity contribution in [2.75, 3.05) is 0 Å². The third kappa shape index (κ3) is 4.61. The number of rotatable bonds is 5. The van der Waals surface area contributed by atoms with E-state index in [-0.39, 0.29) is 5.92 Å². The lowest BCUT2D eigenvalue weighted by molar-refractivity contribution is 1.01. The minimum atomic E-state index is 0.226. The summed E-state index contributed by atoms with van der Waals surface area (Å²) < 4.78 is 2.37. The van der Waals surface area contributed by atoms with Crippen LogP contribution in [0, 0.1) is 0 Å². The standard InChI is InChI=1S/C48H32N2/c1-2-12-33(13-3-1)44-30-36(32-26-28-37(29-27-32)50-46-20-10-8-16-40(46)41-17-9-11-21-47(41)50)31-45(49-44)34-22-24-35(25-23-34)48-42-18-6-4-14-38(42)39-15-5-7-19-43(39)48/h1-31,48H. The zero-order valence-corrected chi connectivity index (χ0v) is 27.4. The second-order valence-electron chi connectivity index (χ2n) is 13.1.